The van der Waals surface area contributed by atoms with Crippen molar-refractivity contribution in [1.29, 1.82) is 0 Å². The zero-order valence-corrected chi connectivity index (χ0v) is 17.9. The van der Waals surface area contributed by atoms with Crippen molar-refractivity contribution in [2.75, 3.05) is 39.8 Å². The molecule has 1 N–H and O–H groups in total. The van der Waals surface area contributed by atoms with Gasteiger partial charge in [-0.05, 0) is 24.4 Å². The lowest BCUT2D eigenvalue weighted by atomic mass is 9.87. The summed E-state index contributed by atoms with van der Waals surface area (Å²) in [6.45, 7) is 9.41. The van der Waals surface area contributed by atoms with Gasteiger partial charge >= 0.3 is 0 Å². The molecule has 0 spiro atoms. The van der Waals surface area contributed by atoms with Gasteiger partial charge in [-0.2, -0.15) is 5.10 Å². The Morgan fingerprint density at radius 1 is 1.38 bits per heavy atom. The first-order valence-corrected chi connectivity index (χ1v) is 9.19. The molecule has 1 aromatic heterocycles. The van der Waals surface area contributed by atoms with Crippen LogP contribution >= 0.6 is 24.8 Å². The Morgan fingerprint density at radius 3 is 2.69 bits per heavy atom. The van der Waals surface area contributed by atoms with Crippen LogP contribution in [0.5, 0.6) is 0 Å². The van der Waals surface area contributed by atoms with Gasteiger partial charge in [0, 0.05) is 58.4 Å². The van der Waals surface area contributed by atoms with Crippen LogP contribution in [0, 0.1) is 11.8 Å². The van der Waals surface area contributed by atoms with Gasteiger partial charge in [0.2, 0.25) is 5.91 Å². The minimum absolute atomic E-state index is 0. The molecule has 8 heteroatoms. The summed E-state index contributed by atoms with van der Waals surface area (Å²) in [6.07, 6.45) is 5.02. The van der Waals surface area contributed by atoms with Gasteiger partial charge < -0.3 is 15.1 Å². The van der Waals surface area contributed by atoms with Gasteiger partial charge in [0.15, 0.2) is 0 Å². The van der Waals surface area contributed by atoms with E-state index >= 15 is 0 Å². The fraction of sp³-hybridized carbons (Fsp3) is 0.778. The second-order valence-corrected chi connectivity index (χ2v) is 7.49. The van der Waals surface area contributed by atoms with E-state index in [-0.39, 0.29) is 42.6 Å². The quantitative estimate of drug-likeness (QED) is 0.828. The molecule has 6 nitrogen and oxygen atoms in total. The van der Waals surface area contributed by atoms with Crippen molar-refractivity contribution < 1.29 is 4.79 Å². The Balaban J connectivity index is 0.00000169. The summed E-state index contributed by atoms with van der Waals surface area (Å²) in [5, 5.41) is 7.68. The van der Waals surface area contributed by atoms with E-state index in [1.54, 1.807) is 0 Å². The number of rotatable bonds is 4. The van der Waals surface area contributed by atoms with Gasteiger partial charge in [0.05, 0.1) is 12.1 Å². The van der Waals surface area contributed by atoms with Crippen LogP contribution in [0.3, 0.4) is 0 Å². The Labute approximate surface area is 169 Å². The van der Waals surface area contributed by atoms with Crippen molar-refractivity contribution in [2.45, 2.75) is 32.2 Å². The minimum Gasteiger partial charge on any atom is -0.342 e. The van der Waals surface area contributed by atoms with E-state index in [0.717, 1.165) is 39.1 Å². The molecule has 2 aliphatic heterocycles. The molecule has 3 rings (SSSR count). The first-order chi connectivity index (χ1) is 11.5. The maximum atomic E-state index is 13.2. The molecule has 2 aliphatic rings. The van der Waals surface area contributed by atoms with Crippen molar-refractivity contribution in [2.24, 2.45) is 18.9 Å². The topological polar surface area (TPSA) is 53.4 Å². The highest BCUT2D eigenvalue weighted by atomic mass is 35.5. The minimum atomic E-state index is 0. The standard InChI is InChI=1S/C18H31N5O.2ClH/c1-5-23-7-6-17(13(2)11-23)22(4)18(24)16-10-19-9-15(16)14-8-20-21(3)12-14;;/h8,12-13,15-17,19H,5-7,9-11H2,1-4H3;2*1H/t13?,15-,16+,17?;;/m1../s1. The third kappa shape index (κ3) is 4.71. The lowest BCUT2D eigenvalue weighted by molar-refractivity contribution is -0.138. The number of nitrogens with one attached hydrogen (secondary N) is 1. The monoisotopic (exact) mass is 405 g/mol. The first kappa shape index (κ1) is 23.2. The Bertz CT molecular complexity index is 582. The van der Waals surface area contributed by atoms with Crippen molar-refractivity contribution in [3.8, 4) is 0 Å². The molecule has 150 valence electrons. The van der Waals surface area contributed by atoms with Crippen molar-refractivity contribution in [3.05, 3.63) is 18.0 Å². The Hall–Kier alpha value is -0.820. The molecule has 0 saturated carbocycles. The molecule has 2 saturated heterocycles. The van der Waals surface area contributed by atoms with Gasteiger partial charge in [-0.25, -0.2) is 0 Å². The third-order valence-corrected chi connectivity index (χ3v) is 5.92. The van der Waals surface area contributed by atoms with Crippen LogP contribution in [-0.2, 0) is 11.8 Å². The van der Waals surface area contributed by atoms with Crippen molar-refractivity contribution >= 4 is 30.7 Å². The van der Waals surface area contributed by atoms with E-state index in [9.17, 15) is 4.79 Å². The summed E-state index contributed by atoms with van der Waals surface area (Å²) in [7, 11) is 3.93. The molecule has 2 fully saturated rings. The van der Waals surface area contributed by atoms with Crippen LogP contribution < -0.4 is 5.32 Å². The maximum absolute atomic E-state index is 13.2. The van der Waals surface area contributed by atoms with E-state index in [1.165, 1.54) is 5.56 Å². The average Bonchev–Trinajstić information content (AvgIpc) is 3.21. The smallest absolute Gasteiger partial charge is 0.227 e. The SMILES string of the molecule is CCN1CCC(N(C)C(=O)[C@H]2CNC[C@@H]2c2cnn(C)c2)C(C)C1.Cl.Cl. The summed E-state index contributed by atoms with van der Waals surface area (Å²) in [6, 6.07) is 0.357. The normalized spacial score (nSPS) is 28.9. The van der Waals surface area contributed by atoms with E-state index < -0.39 is 0 Å². The van der Waals surface area contributed by atoms with E-state index in [0.29, 0.717) is 12.0 Å². The molecule has 0 radical (unpaired) electrons. The second-order valence-electron chi connectivity index (χ2n) is 7.49. The Kier molecular flexibility index (Phi) is 8.86. The summed E-state index contributed by atoms with van der Waals surface area (Å²) < 4.78 is 1.82. The Morgan fingerprint density at radius 2 is 2.12 bits per heavy atom. The van der Waals surface area contributed by atoms with Crippen LogP contribution in [0.15, 0.2) is 12.4 Å². The van der Waals surface area contributed by atoms with Crippen LogP contribution in [-0.4, -0.2) is 71.3 Å². The molecule has 0 aromatic carbocycles. The third-order valence-electron chi connectivity index (χ3n) is 5.92. The molecular weight excluding hydrogens is 373 g/mol. The number of amides is 1. The first-order valence-electron chi connectivity index (χ1n) is 9.19. The highest BCUT2D eigenvalue weighted by Gasteiger charge is 2.39. The van der Waals surface area contributed by atoms with Crippen LogP contribution in [0.2, 0.25) is 0 Å². The molecular formula is C18H33Cl2N5O. The lowest BCUT2D eigenvalue weighted by Crippen LogP contribution is -2.52. The number of likely N-dealkylation sites (tertiary alicyclic amines) is 1. The van der Waals surface area contributed by atoms with E-state index in [1.807, 2.05) is 36.1 Å². The zero-order valence-electron chi connectivity index (χ0n) is 16.2. The van der Waals surface area contributed by atoms with Crippen LogP contribution in [0.1, 0.15) is 31.7 Å². The number of piperidine rings is 1. The molecule has 0 bridgehead atoms. The molecule has 0 aliphatic carbocycles. The lowest BCUT2D eigenvalue weighted by Gasteiger charge is -2.42. The van der Waals surface area contributed by atoms with Gasteiger partial charge in [-0.1, -0.05) is 13.8 Å². The van der Waals surface area contributed by atoms with Crippen LogP contribution in [0.25, 0.3) is 0 Å². The fourth-order valence-electron chi connectivity index (χ4n) is 4.43. The molecule has 26 heavy (non-hydrogen) atoms. The highest BCUT2D eigenvalue weighted by Crippen LogP contribution is 2.31. The van der Waals surface area contributed by atoms with Crippen LogP contribution in [0.4, 0.5) is 0 Å². The number of aromatic nitrogens is 2. The molecule has 4 atom stereocenters. The molecule has 1 aromatic rings. The summed E-state index contributed by atoms with van der Waals surface area (Å²) >= 11 is 0. The van der Waals surface area contributed by atoms with Gasteiger partial charge in [0.1, 0.15) is 0 Å². The average molecular weight is 406 g/mol. The van der Waals surface area contributed by atoms with E-state index in [2.05, 4.69) is 29.2 Å². The number of halogens is 2. The number of carbonyl (C=O) groups is 1. The summed E-state index contributed by atoms with van der Waals surface area (Å²) in [4.78, 5) is 17.7. The van der Waals surface area contributed by atoms with Crippen molar-refractivity contribution in [3.63, 3.8) is 0 Å². The molecule has 1 amide bonds. The highest BCUT2D eigenvalue weighted by molar-refractivity contribution is 5.85. The molecule has 2 unspecified atom stereocenters. The maximum Gasteiger partial charge on any atom is 0.227 e. The number of hydrogen-bond acceptors (Lipinski definition) is 4. The number of hydrogen-bond donors (Lipinski definition) is 1. The van der Waals surface area contributed by atoms with Gasteiger partial charge in [0.25, 0.3) is 0 Å². The number of nitrogens with zero attached hydrogens (tertiary/aromatic N) is 4. The predicted octanol–water partition coefficient (Wildman–Crippen LogP) is 1.76. The fourth-order valence-corrected chi connectivity index (χ4v) is 4.43. The predicted molar refractivity (Wildman–Crippen MR) is 109 cm³/mol. The number of carbonyl (C=O) groups excluding carboxylic acids is 1. The molecule has 3 heterocycles. The van der Waals surface area contributed by atoms with E-state index in [4.69, 9.17) is 0 Å². The van der Waals surface area contributed by atoms with Gasteiger partial charge in [-0.3, -0.25) is 9.48 Å². The summed E-state index contributed by atoms with van der Waals surface area (Å²) in [5.74, 6) is 1.07. The van der Waals surface area contributed by atoms with Crippen molar-refractivity contribution in [1.82, 2.24) is 24.9 Å². The zero-order chi connectivity index (χ0) is 17.3. The largest absolute Gasteiger partial charge is 0.342 e. The second kappa shape index (κ2) is 9.93. The van der Waals surface area contributed by atoms with Gasteiger partial charge in [-0.15, -0.1) is 24.8 Å². The number of aryl methyl sites for hydroxylation is 1. The summed E-state index contributed by atoms with van der Waals surface area (Å²) in [5.41, 5.74) is 1.17.